The molecule has 2 atom stereocenters. The van der Waals surface area contributed by atoms with E-state index in [4.69, 9.17) is 16.3 Å². The molecule has 2 aliphatic rings. The van der Waals surface area contributed by atoms with E-state index < -0.39 is 5.60 Å². The average molecular weight is 271 g/mol. The van der Waals surface area contributed by atoms with Crippen LogP contribution in [0.15, 0.2) is 48.5 Å². The third kappa shape index (κ3) is 1.50. The van der Waals surface area contributed by atoms with Crippen molar-refractivity contribution in [3.63, 3.8) is 0 Å². The zero-order valence-electron chi connectivity index (χ0n) is 10.1. The molecule has 1 heterocycles. The zero-order valence-corrected chi connectivity index (χ0v) is 10.9. The molecule has 0 radical (unpaired) electrons. The number of rotatable bonds is 1. The summed E-state index contributed by atoms with van der Waals surface area (Å²) in [6.07, 6.45) is 0.541. The van der Waals surface area contributed by atoms with E-state index in [9.17, 15) is 4.79 Å². The van der Waals surface area contributed by atoms with Crippen LogP contribution < -0.4 is 0 Å². The predicted octanol–water partition coefficient (Wildman–Crippen LogP) is 3.59. The maximum absolute atomic E-state index is 12.5. The largest absolute Gasteiger partial charge is 0.352 e. The molecule has 0 saturated carbocycles. The second-order valence-electron chi connectivity index (χ2n) is 5.10. The van der Waals surface area contributed by atoms with Crippen LogP contribution in [0.1, 0.15) is 27.6 Å². The number of halogens is 1. The maximum atomic E-state index is 12.5. The topological polar surface area (TPSA) is 29.6 Å². The van der Waals surface area contributed by atoms with Crippen LogP contribution >= 0.6 is 11.6 Å². The fourth-order valence-electron chi connectivity index (χ4n) is 2.95. The molecule has 4 rings (SSSR count). The number of ketones is 1. The smallest absolute Gasteiger partial charge is 0.198 e. The van der Waals surface area contributed by atoms with Crippen LogP contribution in [-0.2, 0) is 11.2 Å². The second kappa shape index (κ2) is 3.69. The van der Waals surface area contributed by atoms with Gasteiger partial charge >= 0.3 is 0 Å². The van der Waals surface area contributed by atoms with Gasteiger partial charge in [0.05, 0.1) is 0 Å². The van der Waals surface area contributed by atoms with Crippen molar-refractivity contribution in [2.75, 3.05) is 0 Å². The Hall–Kier alpha value is -1.64. The van der Waals surface area contributed by atoms with Crippen molar-refractivity contribution in [3.8, 4) is 0 Å². The van der Waals surface area contributed by atoms with Crippen molar-refractivity contribution in [2.45, 2.75) is 18.1 Å². The van der Waals surface area contributed by atoms with Gasteiger partial charge in [0.2, 0.25) is 0 Å². The highest BCUT2D eigenvalue weighted by Gasteiger charge is 2.65. The van der Waals surface area contributed by atoms with Gasteiger partial charge in [-0.25, -0.2) is 0 Å². The molecule has 1 aliphatic carbocycles. The van der Waals surface area contributed by atoms with Crippen molar-refractivity contribution in [3.05, 3.63) is 70.2 Å². The first-order valence-corrected chi connectivity index (χ1v) is 6.64. The van der Waals surface area contributed by atoms with E-state index in [1.165, 1.54) is 0 Å². The summed E-state index contributed by atoms with van der Waals surface area (Å²) in [6, 6.07) is 15.3. The summed E-state index contributed by atoms with van der Waals surface area (Å²) in [5.74, 6) is 0.114. The standard InChI is InChI=1S/C16H11ClO2/c17-12-7-5-10(6-8-12)15-16(19-15)9-11-3-1-2-4-13(11)14(16)18/h1-8,15H,9H2/t15-,16-/m0/s1. The lowest BCUT2D eigenvalue weighted by atomic mass is 9.96. The van der Waals surface area contributed by atoms with Crippen molar-refractivity contribution >= 4 is 17.4 Å². The van der Waals surface area contributed by atoms with Gasteiger partial charge in [-0.15, -0.1) is 0 Å². The summed E-state index contributed by atoms with van der Waals surface area (Å²) in [7, 11) is 0. The van der Waals surface area contributed by atoms with Gasteiger partial charge in [-0.3, -0.25) is 4.79 Å². The quantitative estimate of drug-likeness (QED) is 0.741. The minimum Gasteiger partial charge on any atom is -0.352 e. The lowest BCUT2D eigenvalue weighted by Crippen LogP contribution is -2.20. The molecule has 2 nitrogen and oxygen atoms in total. The first-order valence-electron chi connectivity index (χ1n) is 6.27. The van der Waals surface area contributed by atoms with E-state index in [-0.39, 0.29) is 11.9 Å². The zero-order chi connectivity index (χ0) is 13.0. The third-order valence-corrected chi connectivity index (χ3v) is 4.22. The van der Waals surface area contributed by atoms with Crippen LogP contribution in [0.4, 0.5) is 0 Å². The molecule has 1 fully saturated rings. The fraction of sp³-hybridized carbons (Fsp3) is 0.188. The Balaban J connectivity index is 1.70. The molecule has 1 saturated heterocycles. The second-order valence-corrected chi connectivity index (χ2v) is 5.54. The van der Waals surface area contributed by atoms with E-state index in [1.54, 1.807) is 0 Å². The van der Waals surface area contributed by atoms with Crippen LogP contribution in [0.5, 0.6) is 0 Å². The van der Waals surface area contributed by atoms with E-state index in [0.717, 1.165) is 16.7 Å². The van der Waals surface area contributed by atoms with Crippen LogP contribution in [0, 0.1) is 0 Å². The SMILES string of the molecule is O=C1c2ccccc2C[C@]12O[C@H]2c1ccc(Cl)cc1. The lowest BCUT2D eigenvalue weighted by molar-refractivity contribution is 0.0894. The van der Waals surface area contributed by atoms with Gasteiger partial charge < -0.3 is 4.74 Å². The fourth-order valence-corrected chi connectivity index (χ4v) is 3.07. The Morgan fingerprint density at radius 3 is 2.58 bits per heavy atom. The highest BCUT2D eigenvalue weighted by atomic mass is 35.5. The van der Waals surface area contributed by atoms with Crippen molar-refractivity contribution in [2.24, 2.45) is 0 Å². The Bertz CT molecular complexity index is 677. The van der Waals surface area contributed by atoms with Gasteiger partial charge in [-0.2, -0.15) is 0 Å². The van der Waals surface area contributed by atoms with Crippen molar-refractivity contribution in [1.29, 1.82) is 0 Å². The average Bonchev–Trinajstić information content (AvgIpc) is 3.07. The lowest BCUT2D eigenvalue weighted by Gasteiger charge is -2.01. The Labute approximate surface area is 116 Å². The molecule has 2 aromatic carbocycles. The maximum Gasteiger partial charge on any atom is 0.198 e. The monoisotopic (exact) mass is 270 g/mol. The number of hydrogen-bond donors (Lipinski definition) is 0. The first kappa shape index (κ1) is 11.2. The molecule has 94 valence electrons. The number of Topliss-reactive ketones (excluding diaryl/α,β-unsaturated/α-hetero) is 1. The number of fused-ring (bicyclic) bond motifs is 1. The highest BCUT2D eigenvalue weighted by Crippen LogP contribution is 2.56. The van der Waals surface area contributed by atoms with Crippen LogP contribution in [0.2, 0.25) is 5.02 Å². The van der Waals surface area contributed by atoms with Crippen LogP contribution in [0.25, 0.3) is 0 Å². The van der Waals surface area contributed by atoms with Gasteiger partial charge in [0.25, 0.3) is 0 Å². The van der Waals surface area contributed by atoms with Crippen molar-refractivity contribution < 1.29 is 9.53 Å². The molecule has 0 amide bonds. The summed E-state index contributed by atoms with van der Waals surface area (Å²) in [5.41, 5.74) is 2.26. The van der Waals surface area contributed by atoms with E-state index >= 15 is 0 Å². The molecule has 0 aromatic heterocycles. The Morgan fingerprint density at radius 2 is 1.84 bits per heavy atom. The number of hydrogen-bond acceptors (Lipinski definition) is 2. The molecular weight excluding hydrogens is 260 g/mol. The highest BCUT2D eigenvalue weighted by molar-refractivity contribution is 6.30. The summed E-state index contributed by atoms with van der Waals surface area (Å²) in [5, 5.41) is 0.694. The molecule has 1 aliphatic heterocycles. The summed E-state index contributed by atoms with van der Waals surface area (Å²) < 4.78 is 5.79. The van der Waals surface area contributed by atoms with Crippen LogP contribution in [-0.4, -0.2) is 11.4 Å². The predicted molar refractivity (Wildman–Crippen MR) is 72.5 cm³/mol. The number of benzene rings is 2. The number of ether oxygens (including phenoxy) is 1. The van der Waals surface area contributed by atoms with Gasteiger partial charge in [-0.1, -0.05) is 48.0 Å². The number of epoxide rings is 1. The molecule has 2 aromatic rings. The Kier molecular flexibility index (Phi) is 2.17. The molecule has 1 spiro atoms. The van der Waals surface area contributed by atoms with Gasteiger partial charge in [0, 0.05) is 17.0 Å². The summed E-state index contributed by atoms with van der Waals surface area (Å²) in [4.78, 5) is 12.5. The molecule has 0 N–H and O–H groups in total. The van der Waals surface area contributed by atoms with Crippen molar-refractivity contribution in [1.82, 2.24) is 0 Å². The molecule has 3 heteroatoms. The minimum absolute atomic E-state index is 0.114. The van der Waals surface area contributed by atoms with Gasteiger partial charge in [0.15, 0.2) is 11.4 Å². The van der Waals surface area contributed by atoms with E-state index in [2.05, 4.69) is 0 Å². The summed E-state index contributed by atoms with van der Waals surface area (Å²) in [6.45, 7) is 0. The molecule has 0 bridgehead atoms. The van der Waals surface area contributed by atoms with Gasteiger partial charge in [-0.05, 0) is 23.3 Å². The third-order valence-electron chi connectivity index (χ3n) is 3.97. The minimum atomic E-state index is -0.655. The van der Waals surface area contributed by atoms with Crippen LogP contribution in [0.3, 0.4) is 0 Å². The molecular formula is C16H11ClO2. The van der Waals surface area contributed by atoms with Gasteiger partial charge in [0.1, 0.15) is 6.10 Å². The molecule has 19 heavy (non-hydrogen) atoms. The molecule has 0 unspecified atom stereocenters. The number of carbonyl (C=O) groups is 1. The van der Waals surface area contributed by atoms with E-state index in [1.807, 2.05) is 48.5 Å². The Morgan fingerprint density at radius 1 is 1.11 bits per heavy atom. The first-order chi connectivity index (χ1) is 9.21. The van der Waals surface area contributed by atoms with E-state index in [0.29, 0.717) is 11.4 Å². The normalized spacial score (nSPS) is 27.6. The summed E-state index contributed by atoms with van der Waals surface area (Å²) >= 11 is 5.88. The number of carbonyl (C=O) groups excluding carboxylic acids is 1.